The number of aliphatic hydroxyl groups excluding tert-OH is 9. The van der Waals surface area contributed by atoms with Crippen molar-refractivity contribution >= 4 is 0 Å². The van der Waals surface area contributed by atoms with Crippen LogP contribution in [0.25, 0.3) is 0 Å². The molecule has 4 aliphatic heterocycles. The van der Waals surface area contributed by atoms with Crippen molar-refractivity contribution in [3.8, 4) is 0 Å². The van der Waals surface area contributed by atoms with E-state index in [2.05, 4.69) is 48.5 Å². The van der Waals surface area contributed by atoms with E-state index in [0.717, 1.165) is 64.2 Å². The first-order valence-corrected chi connectivity index (χ1v) is 23.5. The molecule has 16 nitrogen and oxygen atoms in total. The van der Waals surface area contributed by atoms with Gasteiger partial charge in [-0.1, -0.05) is 48.5 Å². The van der Waals surface area contributed by atoms with Gasteiger partial charge in [-0.25, -0.2) is 0 Å². The largest absolute Gasteiger partial charge is 0.394 e. The number of hydrogen-bond acceptors (Lipinski definition) is 16. The summed E-state index contributed by atoms with van der Waals surface area (Å²) in [5, 5.41) is 97.3. The maximum Gasteiger partial charge on any atom is 0.187 e. The lowest BCUT2D eigenvalue weighted by Gasteiger charge is -2.75. The standard InChI is InChI=1S/C46H76O16/c1-40(2)14-15-45-21-58-46(27(45)16-40)13-9-26-42(5)11-10-29(41(3,4)25(42)8-12-43(26,6)44(46,7)17-28(45)49)61-37-35(55)32(52)24(20-57-37)60-39-36(33(53)31(51)23(18-47)59-39)62-38-34(54)30(50)22(48)19-56-38/h22-39,47-55H,8-21H2,1-7H3/t22-,23-,24+,25+,26-,27-,28-,29+,30+,31-,32+,33+,34-,35-,36-,37+,38+,39+,42+,43-,44+,45-,46+/m1/s1. The molecular weight excluding hydrogens is 808 g/mol. The third kappa shape index (κ3) is 6.57. The molecule has 1 spiro atoms. The third-order valence-electron chi connectivity index (χ3n) is 19.7. The number of fused-ring (bicyclic) bond motifs is 4. The highest BCUT2D eigenvalue weighted by molar-refractivity contribution is 5.28. The van der Waals surface area contributed by atoms with Crippen LogP contribution >= 0.6 is 0 Å². The number of hydrogen-bond donors (Lipinski definition) is 9. The van der Waals surface area contributed by atoms with Gasteiger partial charge in [0.15, 0.2) is 18.9 Å². The van der Waals surface area contributed by atoms with Gasteiger partial charge < -0.3 is 79.1 Å². The lowest BCUT2D eigenvalue weighted by Crippen LogP contribution is -2.74. The molecule has 9 fully saturated rings. The van der Waals surface area contributed by atoms with Crippen LogP contribution in [-0.4, -0.2) is 170 Å². The van der Waals surface area contributed by atoms with Crippen molar-refractivity contribution in [2.75, 3.05) is 26.4 Å². The predicted octanol–water partition coefficient (Wildman–Crippen LogP) is 1.10. The summed E-state index contributed by atoms with van der Waals surface area (Å²) < 4.78 is 42.9. The molecule has 0 aromatic carbocycles. The topological polar surface area (TPSA) is 247 Å². The molecule has 0 radical (unpaired) electrons. The smallest absolute Gasteiger partial charge is 0.187 e. The Bertz CT molecular complexity index is 1650. The van der Waals surface area contributed by atoms with Crippen molar-refractivity contribution in [1.82, 2.24) is 0 Å². The van der Waals surface area contributed by atoms with Crippen LogP contribution in [0.5, 0.6) is 0 Å². The number of ether oxygens (including phenoxy) is 7. The zero-order chi connectivity index (χ0) is 44.7. The molecule has 5 aliphatic carbocycles. The molecule has 62 heavy (non-hydrogen) atoms. The maximum absolute atomic E-state index is 12.2. The van der Waals surface area contributed by atoms with E-state index in [1.54, 1.807) is 0 Å². The number of rotatable bonds is 7. The zero-order valence-electron chi connectivity index (χ0n) is 37.7. The van der Waals surface area contributed by atoms with Crippen LogP contribution in [0.1, 0.15) is 113 Å². The monoisotopic (exact) mass is 885 g/mol. The van der Waals surface area contributed by atoms with Crippen molar-refractivity contribution in [2.45, 2.75) is 210 Å². The molecule has 9 rings (SSSR count). The highest BCUT2D eigenvalue weighted by Crippen LogP contribution is 2.80. The molecule has 4 heterocycles. The second-order valence-electron chi connectivity index (χ2n) is 23.4. The highest BCUT2D eigenvalue weighted by Gasteiger charge is 2.80. The molecule has 0 amide bonds. The molecule has 4 saturated heterocycles. The minimum Gasteiger partial charge on any atom is -0.394 e. The fourth-order valence-corrected chi connectivity index (χ4v) is 16.0. The summed E-state index contributed by atoms with van der Waals surface area (Å²) >= 11 is 0. The molecular formula is C46H76O16. The minimum absolute atomic E-state index is 0.00479. The molecule has 356 valence electrons. The van der Waals surface area contributed by atoms with E-state index < -0.39 is 86.5 Å². The SMILES string of the molecule is CC1(C)CC[C@]23CO[C@@]4(CC[C@@H]5[C@@]6(C)CC[C@H](O[C@@H]7OC[C@H](O[C@@H]8O[C@H](CO)[C@@H](O)[C@H](O)[C@H]8O[C@@H]8OC[C@@H](O)[C@H](O)[C@H]8O)[C@H](O)[C@H]7O)C(C)(C)[C@@H]6CC[C@@]5(C)[C@]4(C)C[C@H]2O)[C@@H]3C1. The summed E-state index contributed by atoms with van der Waals surface area (Å²) in [5.74, 6) is 1.08. The van der Waals surface area contributed by atoms with Crippen molar-refractivity contribution in [3.63, 3.8) is 0 Å². The van der Waals surface area contributed by atoms with Crippen LogP contribution in [-0.2, 0) is 33.2 Å². The summed E-state index contributed by atoms with van der Waals surface area (Å²) in [6.07, 6.45) is -10.5. The Labute approximate surface area is 365 Å². The van der Waals surface area contributed by atoms with Crippen LogP contribution in [0, 0.1) is 50.2 Å². The van der Waals surface area contributed by atoms with Crippen LogP contribution in [0.3, 0.4) is 0 Å². The summed E-state index contributed by atoms with van der Waals surface area (Å²) in [6, 6.07) is 0. The van der Waals surface area contributed by atoms with Gasteiger partial charge in [0, 0.05) is 10.8 Å². The second kappa shape index (κ2) is 15.7. The van der Waals surface area contributed by atoms with E-state index in [4.69, 9.17) is 33.2 Å². The summed E-state index contributed by atoms with van der Waals surface area (Å²) in [6.45, 7) is 16.1. The highest BCUT2D eigenvalue weighted by atomic mass is 16.8. The Balaban J connectivity index is 0.879. The van der Waals surface area contributed by atoms with Crippen molar-refractivity contribution in [2.24, 2.45) is 50.2 Å². The average molecular weight is 885 g/mol. The third-order valence-corrected chi connectivity index (χ3v) is 19.7. The van der Waals surface area contributed by atoms with E-state index in [9.17, 15) is 46.0 Å². The van der Waals surface area contributed by atoms with Gasteiger partial charge in [-0.05, 0) is 104 Å². The van der Waals surface area contributed by atoms with Crippen molar-refractivity contribution in [1.29, 1.82) is 0 Å². The van der Waals surface area contributed by atoms with Gasteiger partial charge in [-0.3, -0.25) is 0 Å². The van der Waals surface area contributed by atoms with Gasteiger partial charge in [0.05, 0.1) is 44.2 Å². The first-order valence-electron chi connectivity index (χ1n) is 23.5. The summed E-state index contributed by atoms with van der Waals surface area (Å²) in [4.78, 5) is 0. The number of aliphatic hydroxyl groups is 9. The Hall–Kier alpha value is -0.640. The van der Waals surface area contributed by atoms with Crippen LogP contribution in [0.15, 0.2) is 0 Å². The van der Waals surface area contributed by atoms with Crippen LogP contribution in [0.2, 0.25) is 0 Å². The molecule has 23 atom stereocenters. The average Bonchev–Trinajstić information content (AvgIpc) is 3.49. The molecule has 0 unspecified atom stereocenters. The van der Waals surface area contributed by atoms with E-state index in [0.29, 0.717) is 24.4 Å². The minimum atomic E-state index is -1.74. The molecule has 0 aromatic rings. The van der Waals surface area contributed by atoms with Gasteiger partial charge in [0.1, 0.15) is 61.0 Å². The molecule has 9 aliphatic rings. The normalized spacial score (nSPS) is 58.1. The Morgan fingerprint density at radius 1 is 0.597 bits per heavy atom. The maximum atomic E-state index is 12.2. The van der Waals surface area contributed by atoms with E-state index in [1.807, 2.05) is 0 Å². The quantitative estimate of drug-likeness (QED) is 0.163. The molecule has 16 heteroatoms. The van der Waals surface area contributed by atoms with Gasteiger partial charge in [-0.15, -0.1) is 0 Å². The van der Waals surface area contributed by atoms with E-state index in [1.165, 1.54) is 0 Å². The summed E-state index contributed by atoms with van der Waals surface area (Å²) in [5.41, 5.74) is -0.683. The Morgan fingerprint density at radius 2 is 1.27 bits per heavy atom. The van der Waals surface area contributed by atoms with Gasteiger partial charge in [0.2, 0.25) is 0 Å². The van der Waals surface area contributed by atoms with Crippen LogP contribution < -0.4 is 0 Å². The fraction of sp³-hybridized carbons (Fsp3) is 1.00. The van der Waals surface area contributed by atoms with Gasteiger partial charge >= 0.3 is 0 Å². The Kier molecular flexibility index (Phi) is 11.8. The van der Waals surface area contributed by atoms with Gasteiger partial charge in [-0.2, -0.15) is 0 Å². The van der Waals surface area contributed by atoms with Gasteiger partial charge in [0.25, 0.3) is 0 Å². The van der Waals surface area contributed by atoms with Crippen molar-refractivity contribution in [3.05, 3.63) is 0 Å². The zero-order valence-corrected chi connectivity index (χ0v) is 37.7. The predicted molar refractivity (Wildman–Crippen MR) is 218 cm³/mol. The Morgan fingerprint density at radius 3 is 2.00 bits per heavy atom. The molecule has 0 aromatic heterocycles. The summed E-state index contributed by atoms with van der Waals surface area (Å²) in [7, 11) is 0. The first-order chi connectivity index (χ1) is 29.0. The molecule has 5 saturated carbocycles. The molecule has 2 bridgehead atoms. The van der Waals surface area contributed by atoms with E-state index in [-0.39, 0.29) is 63.5 Å². The van der Waals surface area contributed by atoms with Crippen LogP contribution in [0.4, 0.5) is 0 Å². The first kappa shape index (κ1) is 46.5. The van der Waals surface area contributed by atoms with E-state index >= 15 is 0 Å². The molecule has 9 N–H and O–H groups in total. The van der Waals surface area contributed by atoms with Crippen molar-refractivity contribution < 1.29 is 79.1 Å². The lowest BCUT2D eigenvalue weighted by atomic mass is 9.30. The fourth-order valence-electron chi connectivity index (χ4n) is 16.0. The second-order valence-corrected chi connectivity index (χ2v) is 23.4. The lowest BCUT2D eigenvalue weighted by molar-refractivity contribution is -0.378.